The molecule has 0 aromatic heterocycles. The zero-order valence-electron chi connectivity index (χ0n) is 19.9. The summed E-state index contributed by atoms with van der Waals surface area (Å²) < 4.78 is 65.9. The molecule has 37 heavy (non-hydrogen) atoms. The van der Waals surface area contributed by atoms with Gasteiger partial charge >= 0.3 is 71.2 Å². The molecule has 0 heterocycles. The molecule has 0 saturated carbocycles. The summed E-state index contributed by atoms with van der Waals surface area (Å²) in [6, 6.07) is 12.7. The molecule has 3 rings (SSSR count). The molecule has 0 aliphatic heterocycles. The molecular weight excluding hydrogens is 546 g/mol. The quantitative estimate of drug-likeness (QED) is 0.181. The van der Waals surface area contributed by atoms with E-state index >= 15 is 0 Å². The van der Waals surface area contributed by atoms with Gasteiger partial charge in [0.1, 0.15) is 20.2 Å². The number of benzene rings is 3. The summed E-state index contributed by atoms with van der Waals surface area (Å²) in [7, 11) is -9.20. The van der Waals surface area contributed by atoms with Crippen LogP contribution in [0.3, 0.4) is 0 Å². The molecule has 0 saturated heterocycles. The maximum Gasteiger partial charge on any atom is 1.00 e. The van der Waals surface area contributed by atoms with Gasteiger partial charge in [-0.1, -0.05) is 6.07 Å². The Kier molecular flexibility index (Phi) is 12.2. The monoisotopic (exact) mass is 564 g/mol. The summed E-state index contributed by atoms with van der Waals surface area (Å²) in [5.74, 6) is 0. The van der Waals surface area contributed by atoms with Crippen molar-refractivity contribution < 1.29 is 94.6 Å². The number of urea groups is 2. The number of nitrogens with one attached hydrogen (secondary N) is 4. The molecule has 0 unspecified atom stereocenters. The molecule has 16 heteroatoms. The fourth-order valence-electron chi connectivity index (χ4n) is 2.82. The predicted molar refractivity (Wildman–Crippen MR) is 125 cm³/mol. The number of rotatable bonds is 6. The van der Waals surface area contributed by atoms with Gasteiger partial charge in [-0.15, -0.1) is 0 Å². The van der Waals surface area contributed by atoms with E-state index in [1.54, 1.807) is 19.1 Å². The number of carbonyl (C=O) groups is 2. The number of anilines is 4. The van der Waals surface area contributed by atoms with Gasteiger partial charge in [0.15, 0.2) is 0 Å². The fourth-order valence-corrected chi connectivity index (χ4v) is 3.76. The molecule has 3 aromatic rings. The number of aryl methyl sites for hydroxylation is 1. The second-order valence-electron chi connectivity index (χ2n) is 7.14. The normalized spacial score (nSPS) is 10.8. The Morgan fingerprint density at radius 2 is 0.946 bits per heavy atom. The van der Waals surface area contributed by atoms with Gasteiger partial charge in [0.2, 0.25) is 0 Å². The van der Waals surface area contributed by atoms with Crippen molar-refractivity contribution in [2.75, 3.05) is 21.3 Å². The van der Waals surface area contributed by atoms with E-state index in [9.17, 15) is 35.5 Å². The fraction of sp³-hybridized carbons (Fsp3) is 0.0476. The summed E-state index contributed by atoms with van der Waals surface area (Å²) in [4.78, 5) is 23.7. The SMILES string of the molecule is Cc1ccc(NC(=O)Nc2ccc(S(=O)(=O)[O-])cc2)cc1NC(=O)Nc1ccc(S(=O)(=O)[O-])cc1.[Na+].[Na+]. The van der Waals surface area contributed by atoms with E-state index in [0.29, 0.717) is 16.9 Å². The smallest absolute Gasteiger partial charge is 0.744 e. The molecule has 4 N–H and O–H groups in total. The molecule has 12 nitrogen and oxygen atoms in total. The first-order valence-corrected chi connectivity index (χ1v) is 12.5. The average molecular weight is 565 g/mol. The largest absolute Gasteiger partial charge is 1.00 e. The second-order valence-corrected chi connectivity index (χ2v) is 9.90. The van der Waals surface area contributed by atoms with Crippen LogP contribution in [0.5, 0.6) is 0 Å². The first kappa shape index (κ1) is 33.0. The van der Waals surface area contributed by atoms with Crippen LogP contribution in [-0.4, -0.2) is 38.0 Å². The Labute approximate surface area is 257 Å². The molecule has 0 aliphatic carbocycles. The van der Waals surface area contributed by atoms with E-state index in [0.717, 1.165) is 24.3 Å². The Hall–Kier alpha value is -1.98. The topological polar surface area (TPSA) is 197 Å². The Balaban J connectivity index is 0.00000342. The standard InChI is InChI=1S/C21H20N4O8S2.2Na/c1-13-2-3-16(24-20(26)22-14-4-8-17(9-5-14)34(28,29)30)12-19(13)25-21(27)23-15-6-10-18(11-7-15)35(31,32)33;;/h2-12H,1H3,(H2,22,24,26)(H2,23,25,27)(H,28,29,30)(H,31,32,33);;/q;2*+1/p-2. The number of amides is 4. The Morgan fingerprint density at radius 1 is 0.595 bits per heavy atom. The molecule has 0 atom stereocenters. The Morgan fingerprint density at radius 3 is 1.35 bits per heavy atom. The maximum absolute atomic E-state index is 12.3. The van der Waals surface area contributed by atoms with Crippen molar-refractivity contribution in [1.29, 1.82) is 0 Å². The van der Waals surface area contributed by atoms with Crippen LogP contribution in [0, 0.1) is 6.92 Å². The maximum atomic E-state index is 12.3. The molecule has 0 bridgehead atoms. The van der Waals surface area contributed by atoms with Crippen LogP contribution >= 0.6 is 0 Å². The van der Waals surface area contributed by atoms with E-state index < -0.39 is 42.1 Å². The van der Waals surface area contributed by atoms with Crippen LogP contribution < -0.4 is 80.4 Å². The van der Waals surface area contributed by atoms with E-state index in [1.165, 1.54) is 30.3 Å². The third kappa shape index (κ3) is 10.0. The predicted octanol–water partition coefficient (Wildman–Crippen LogP) is -2.90. The van der Waals surface area contributed by atoms with Crippen LogP contribution in [0.15, 0.2) is 76.5 Å². The number of carbonyl (C=O) groups excluding carboxylic acids is 2. The van der Waals surface area contributed by atoms with Gasteiger partial charge in [-0.25, -0.2) is 26.4 Å². The Bertz CT molecular complexity index is 1480. The summed E-state index contributed by atoms with van der Waals surface area (Å²) in [6.07, 6.45) is 0. The molecule has 0 spiro atoms. The van der Waals surface area contributed by atoms with Gasteiger partial charge in [-0.2, -0.15) is 0 Å². The summed E-state index contributed by atoms with van der Waals surface area (Å²) in [5, 5.41) is 10.1. The first-order chi connectivity index (χ1) is 16.3. The van der Waals surface area contributed by atoms with Crippen LogP contribution in [0.2, 0.25) is 0 Å². The van der Waals surface area contributed by atoms with Gasteiger partial charge in [-0.05, 0) is 73.2 Å². The molecule has 4 amide bonds. The van der Waals surface area contributed by atoms with Gasteiger partial charge in [-0.3, -0.25) is 0 Å². The molecule has 0 radical (unpaired) electrons. The van der Waals surface area contributed by atoms with Crippen molar-refractivity contribution in [3.8, 4) is 0 Å². The van der Waals surface area contributed by atoms with Gasteiger partial charge in [0.25, 0.3) is 0 Å². The molecular formula is C21H18N4Na2O8S2. The van der Waals surface area contributed by atoms with Crippen molar-refractivity contribution in [1.82, 2.24) is 0 Å². The van der Waals surface area contributed by atoms with Gasteiger partial charge in [0, 0.05) is 22.7 Å². The molecule has 184 valence electrons. The minimum absolute atomic E-state index is 0. The van der Waals surface area contributed by atoms with E-state index in [2.05, 4.69) is 21.3 Å². The first-order valence-electron chi connectivity index (χ1n) is 9.70. The molecule has 3 aromatic carbocycles. The summed E-state index contributed by atoms with van der Waals surface area (Å²) in [6.45, 7) is 1.72. The van der Waals surface area contributed by atoms with Crippen molar-refractivity contribution >= 4 is 55.0 Å². The van der Waals surface area contributed by atoms with E-state index in [4.69, 9.17) is 0 Å². The van der Waals surface area contributed by atoms with E-state index in [-0.39, 0.29) is 70.5 Å². The minimum atomic E-state index is -4.60. The van der Waals surface area contributed by atoms with Crippen LogP contribution in [-0.2, 0) is 20.2 Å². The zero-order valence-corrected chi connectivity index (χ0v) is 25.6. The third-order valence-corrected chi connectivity index (χ3v) is 6.24. The minimum Gasteiger partial charge on any atom is -0.744 e. The van der Waals surface area contributed by atoms with Crippen LogP contribution in [0.25, 0.3) is 0 Å². The average Bonchev–Trinajstić information content (AvgIpc) is 2.75. The molecule has 0 fully saturated rings. The van der Waals surface area contributed by atoms with Crippen molar-refractivity contribution in [2.24, 2.45) is 0 Å². The van der Waals surface area contributed by atoms with Gasteiger partial charge in [0.05, 0.1) is 9.79 Å². The summed E-state index contributed by atoms with van der Waals surface area (Å²) in [5.41, 5.74) is 1.86. The third-order valence-electron chi connectivity index (χ3n) is 4.55. The zero-order chi connectivity index (χ0) is 25.8. The molecule has 0 aliphatic rings. The van der Waals surface area contributed by atoms with E-state index in [1.807, 2.05) is 0 Å². The van der Waals surface area contributed by atoms with Crippen molar-refractivity contribution in [3.63, 3.8) is 0 Å². The second kappa shape index (κ2) is 13.7. The number of hydrogen-bond acceptors (Lipinski definition) is 8. The van der Waals surface area contributed by atoms with Crippen molar-refractivity contribution in [2.45, 2.75) is 16.7 Å². The number of hydrogen-bond donors (Lipinski definition) is 4. The van der Waals surface area contributed by atoms with Gasteiger partial charge < -0.3 is 30.4 Å². The van der Waals surface area contributed by atoms with Crippen molar-refractivity contribution in [3.05, 3.63) is 72.3 Å². The van der Waals surface area contributed by atoms with Crippen LogP contribution in [0.4, 0.5) is 32.3 Å². The van der Waals surface area contributed by atoms with Crippen LogP contribution in [0.1, 0.15) is 5.56 Å². The summed E-state index contributed by atoms with van der Waals surface area (Å²) >= 11 is 0.